The Morgan fingerprint density at radius 1 is 1.25 bits per heavy atom. The molecule has 0 saturated carbocycles. The summed E-state index contributed by atoms with van der Waals surface area (Å²) in [6.45, 7) is 4.73. The van der Waals surface area contributed by atoms with Crippen molar-refractivity contribution < 1.29 is 19.1 Å². The van der Waals surface area contributed by atoms with Crippen molar-refractivity contribution in [2.75, 3.05) is 51.8 Å². The normalized spacial score (nSPS) is 15.0. The summed E-state index contributed by atoms with van der Waals surface area (Å²) in [5, 5.41) is 3.33. The maximum atomic E-state index is 12.4. The molecule has 1 aliphatic rings. The van der Waals surface area contributed by atoms with E-state index in [1.54, 1.807) is 30.0 Å². The fourth-order valence-electron chi connectivity index (χ4n) is 2.47. The van der Waals surface area contributed by atoms with Crippen LogP contribution in [0.15, 0.2) is 18.2 Å². The van der Waals surface area contributed by atoms with Crippen LogP contribution in [-0.2, 0) is 9.53 Å². The molecule has 0 radical (unpaired) electrons. The first kappa shape index (κ1) is 18.4. The minimum absolute atomic E-state index is 0.216. The lowest BCUT2D eigenvalue weighted by Gasteiger charge is -2.34. The Kier molecular flexibility index (Phi) is 6.69. The molecule has 132 valence electrons. The summed E-state index contributed by atoms with van der Waals surface area (Å²) in [5.74, 6) is 0.313. The molecule has 7 nitrogen and oxygen atoms in total. The second-order valence-corrected chi connectivity index (χ2v) is 5.78. The predicted molar refractivity (Wildman–Crippen MR) is 91.7 cm³/mol. The second kappa shape index (κ2) is 8.75. The third-order valence-corrected chi connectivity index (χ3v) is 3.96. The molecule has 2 amide bonds. The van der Waals surface area contributed by atoms with Gasteiger partial charge in [0.2, 0.25) is 0 Å². The quantitative estimate of drug-likeness (QED) is 0.819. The molecule has 0 spiro atoms. The molecular formula is C16H22ClN3O4. The van der Waals surface area contributed by atoms with Gasteiger partial charge < -0.3 is 19.7 Å². The number of hydrogen-bond donors (Lipinski definition) is 1. The molecule has 1 heterocycles. The standard InChI is InChI=1S/C16H22ClN3O4/c1-3-24-15(21)11-19-6-8-20(9-7-19)16(22)18-13-10-12(17)4-5-14(13)23-2/h4-5,10H,3,6-9,11H2,1-2H3,(H,18,22). The van der Waals surface area contributed by atoms with Crippen molar-refractivity contribution in [3.63, 3.8) is 0 Å². The second-order valence-electron chi connectivity index (χ2n) is 5.34. The fraction of sp³-hybridized carbons (Fsp3) is 0.500. The lowest BCUT2D eigenvalue weighted by atomic mass is 10.3. The first-order valence-corrected chi connectivity index (χ1v) is 8.18. The van der Waals surface area contributed by atoms with E-state index in [-0.39, 0.29) is 18.5 Å². The van der Waals surface area contributed by atoms with Gasteiger partial charge >= 0.3 is 12.0 Å². The third kappa shape index (κ3) is 5.01. The first-order valence-electron chi connectivity index (χ1n) is 7.81. The van der Waals surface area contributed by atoms with Gasteiger partial charge in [0.05, 0.1) is 25.9 Å². The number of halogens is 1. The van der Waals surface area contributed by atoms with Crippen LogP contribution in [0.25, 0.3) is 0 Å². The zero-order chi connectivity index (χ0) is 17.5. The van der Waals surface area contributed by atoms with E-state index in [0.717, 1.165) is 0 Å². The average Bonchev–Trinajstić information content (AvgIpc) is 2.56. The Hall–Kier alpha value is -1.99. The van der Waals surface area contributed by atoms with Crippen LogP contribution in [0.1, 0.15) is 6.92 Å². The molecule has 1 fully saturated rings. The lowest BCUT2D eigenvalue weighted by molar-refractivity contribution is -0.144. The number of nitrogens with zero attached hydrogens (tertiary/aromatic N) is 2. The molecule has 1 saturated heterocycles. The number of methoxy groups -OCH3 is 1. The van der Waals surface area contributed by atoms with E-state index < -0.39 is 0 Å². The molecular weight excluding hydrogens is 334 g/mol. The highest BCUT2D eigenvalue weighted by Crippen LogP contribution is 2.27. The molecule has 2 rings (SSSR count). The minimum Gasteiger partial charge on any atom is -0.495 e. The summed E-state index contributed by atoms with van der Waals surface area (Å²) >= 11 is 5.97. The highest BCUT2D eigenvalue weighted by atomic mass is 35.5. The topological polar surface area (TPSA) is 71.1 Å². The number of carbonyl (C=O) groups is 2. The van der Waals surface area contributed by atoms with Crippen molar-refractivity contribution in [3.8, 4) is 5.75 Å². The highest BCUT2D eigenvalue weighted by molar-refractivity contribution is 6.31. The van der Waals surface area contributed by atoms with E-state index in [9.17, 15) is 9.59 Å². The van der Waals surface area contributed by atoms with Crippen molar-refractivity contribution >= 4 is 29.3 Å². The maximum absolute atomic E-state index is 12.4. The lowest BCUT2D eigenvalue weighted by Crippen LogP contribution is -2.51. The summed E-state index contributed by atoms with van der Waals surface area (Å²) in [4.78, 5) is 27.5. The summed E-state index contributed by atoms with van der Waals surface area (Å²) in [6.07, 6.45) is 0. The molecule has 24 heavy (non-hydrogen) atoms. The van der Waals surface area contributed by atoms with Crippen LogP contribution in [-0.4, -0.2) is 68.2 Å². The fourth-order valence-corrected chi connectivity index (χ4v) is 2.64. The van der Waals surface area contributed by atoms with E-state index in [1.807, 2.05) is 4.90 Å². The number of amides is 2. The molecule has 0 aromatic heterocycles. The van der Waals surface area contributed by atoms with Crippen LogP contribution in [0.5, 0.6) is 5.75 Å². The zero-order valence-corrected chi connectivity index (χ0v) is 14.6. The summed E-state index contributed by atoms with van der Waals surface area (Å²) in [6, 6.07) is 4.83. The SMILES string of the molecule is CCOC(=O)CN1CCN(C(=O)Nc2cc(Cl)ccc2OC)CC1. The minimum atomic E-state index is -0.237. The Morgan fingerprint density at radius 2 is 1.96 bits per heavy atom. The number of nitrogens with one attached hydrogen (secondary N) is 1. The van der Waals surface area contributed by atoms with Gasteiger partial charge in [-0.1, -0.05) is 11.6 Å². The molecule has 0 aliphatic carbocycles. The van der Waals surface area contributed by atoms with E-state index in [4.69, 9.17) is 21.1 Å². The van der Waals surface area contributed by atoms with Crippen LogP contribution >= 0.6 is 11.6 Å². The molecule has 0 atom stereocenters. The highest BCUT2D eigenvalue weighted by Gasteiger charge is 2.23. The Morgan fingerprint density at radius 3 is 2.58 bits per heavy atom. The van der Waals surface area contributed by atoms with Crippen molar-refractivity contribution in [1.29, 1.82) is 0 Å². The largest absolute Gasteiger partial charge is 0.495 e. The monoisotopic (exact) mass is 355 g/mol. The van der Waals surface area contributed by atoms with E-state index in [0.29, 0.717) is 49.2 Å². The third-order valence-electron chi connectivity index (χ3n) is 3.72. The van der Waals surface area contributed by atoms with Crippen LogP contribution in [0.2, 0.25) is 5.02 Å². The number of anilines is 1. The Labute approximate surface area is 146 Å². The van der Waals surface area contributed by atoms with Gasteiger partial charge in [0.25, 0.3) is 0 Å². The maximum Gasteiger partial charge on any atom is 0.322 e. The van der Waals surface area contributed by atoms with Crippen LogP contribution in [0, 0.1) is 0 Å². The first-order chi connectivity index (χ1) is 11.5. The molecule has 1 aliphatic heterocycles. The number of ether oxygens (including phenoxy) is 2. The zero-order valence-electron chi connectivity index (χ0n) is 13.9. The van der Waals surface area contributed by atoms with Gasteiger partial charge in [-0.05, 0) is 25.1 Å². The number of esters is 1. The van der Waals surface area contributed by atoms with E-state index >= 15 is 0 Å². The number of carbonyl (C=O) groups excluding carboxylic acids is 2. The average molecular weight is 356 g/mol. The number of piperazine rings is 1. The van der Waals surface area contributed by atoms with Gasteiger partial charge in [-0.25, -0.2) is 4.79 Å². The van der Waals surface area contributed by atoms with Crippen LogP contribution in [0.3, 0.4) is 0 Å². The van der Waals surface area contributed by atoms with Crippen molar-refractivity contribution in [2.45, 2.75) is 6.92 Å². The number of benzene rings is 1. The van der Waals surface area contributed by atoms with Crippen molar-refractivity contribution in [2.24, 2.45) is 0 Å². The van der Waals surface area contributed by atoms with Gasteiger partial charge in [0.1, 0.15) is 5.75 Å². The summed E-state index contributed by atoms with van der Waals surface area (Å²) in [5.41, 5.74) is 0.531. The number of urea groups is 1. The van der Waals surface area contributed by atoms with E-state index in [1.165, 1.54) is 7.11 Å². The molecule has 1 aromatic rings. The Bertz CT molecular complexity index is 589. The summed E-state index contributed by atoms with van der Waals surface area (Å²) < 4.78 is 10.2. The van der Waals surface area contributed by atoms with Crippen molar-refractivity contribution in [3.05, 3.63) is 23.2 Å². The molecule has 1 N–H and O–H groups in total. The predicted octanol–water partition coefficient (Wildman–Crippen LogP) is 2.06. The van der Waals surface area contributed by atoms with Gasteiger partial charge in [-0.15, -0.1) is 0 Å². The van der Waals surface area contributed by atoms with Crippen LogP contribution in [0.4, 0.5) is 10.5 Å². The van der Waals surface area contributed by atoms with Gasteiger partial charge in [0, 0.05) is 31.2 Å². The smallest absolute Gasteiger partial charge is 0.322 e. The number of rotatable bonds is 5. The van der Waals surface area contributed by atoms with Gasteiger partial charge in [0.15, 0.2) is 0 Å². The molecule has 0 unspecified atom stereocenters. The van der Waals surface area contributed by atoms with Gasteiger partial charge in [-0.2, -0.15) is 0 Å². The summed E-state index contributed by atoms with van der Waals surface area (Å²) in [7, 11) is 1.53. The van der Waals surface area contributed by atoms with E-state index in [2.05, 4.69) is 5.32 Å². The van der Waals surface area contributed by atoms with Crippen molar-refractivity contribution in [1.82, 2.24) is 9.80 Å². The number of hydrogen-bond acceptors (Lipinski definition) is 5. The van der Waals surface area contributed by atoms with Gasteiger partial charge in [-0.3, -0.25) is 9.69 Å². The Balaban J connectivity index is 1.87. The molecule has 0 bridgehead atoms. The molecule has 1 aromatic carbocycles. The van der Waals surface area contributed by atoms with Crippen LogP contribution < -0.4 is 10.1 Å². The molecule has 8 heteroatoms.